The molecule has 0 fully saturated rings. The number of hydrogen-bond donors (Lipinski definition) is 0. The number of carbonyl (C=O) groups excluding carboxylic acids is 2. The number of halogens is 1. The molecule has 4 rings (SSSR count). The van der Waals surface area contributed by atoms with E-state index < -0.39 is 0 Å². The van der Waals surface area contributed by atoms with Crippen molar-refractivity contribution < 1.29 is 18.7 Å². The summed E-state index contributed by atoms with van der Waals surface area (Å²) in [6.07, 6.45) is 2.64. The van der Waals surface area contributed by atoms with E-state index in [-0.39, 0.29) is 43.2 Å². The highest BCUT2D eigenvalue weighted by Gasteiger charge is 2.33. The van der Waals surface area contributed by atoms with Gasteiger partial charge in [-0.15, -0.1) is 17.9 Å². The lowest BCUT2D eigenvalue weighted by Gasteiger charge is -2.37. The van der Waals surface area contributed by atoms with Gasteiger partial charge < -0.3 is 14.5 Å². The molecule has 5 nitrogen and oxygen atoms in total. The van der Waals surface area contributed by atoms with Gasteiger partial charge >= 0.3 is 0 Å². The molecule has 3 aromatic rings. The van der Waals surface area contributed by atoms with E-state index in [9.17, 15) is 14.0 Å². The van der Waals surface area contributed by atoms with Crippen molar-refractivity contribution in [3.05, 3.63) is 101 Å². The minimum absolute atomic E-state index is 0.0236. The van der Waals surface area contributed by atoms with E-state index in [2.05, 4.69) is 6.58 Å². The quantitative estimate of drug-likeness (QED) is 0.421. The second-order valence-corrected chi connectivity index (χ2v) is 9.14. The first kappa shape index (κ1) is 23.7. The molecule has 1 aliphatic heterocycles. The largest absolute Gasteiger partial charge is 0.491 e. The van der Waals surface area contributed by atoms with Gasteiger partial charge in [-0.2, -0.15) is 0 Å². The smallest absolute Gasteiger partial charge is 0.242 e. The van der Waals surface area contributed by atoms with Gasteiger partial charge in [0, 0.05) is 18.0 Å². The van der Waals surface area contributed by atoms with Crippen LogP contribution in [0, 0.1) is 5.82 Å². The molecule has 0 radical (unpaired) electrons. The summed E-state index contributed by atoms with van der Waals surface area (Å²) >= 11 is 1.67. The van der Waals surface area contributed by atoms with Gasteiger partial charge in [0.05, 0.1) is 12.5 Å². The summed E-state index contributed by atoms with van der Waals surface area (Å²) in [6, 6.07) is 17.1. The van der Waals surface area contributed by atoms with E-state index in [0.29, 0.717) is 18.8 Å². The van der Waals surface area contributed by atoms with Crippen LogP contribution in [0.3, 0.4) is 0 Å². The van der Waals surface area contributed by atoms with Crippen LogP contribution in [0.4, 0.5) is 4.39 Å². The van der Waals surface area contributed by atoms with Crippen LogP contribution in [0.1, 0.15) is 22.0 Å². The molecular formula is C27H27FN2O3S. The van der Waals surface area contributed by atoms with Crippen molar-refractivity contribution in [3.63, 3.8) is 0 Å². The van der Waals surface area contributed by atoms with E-state index in [4.69, 9.17) is 4.74 Å². The maximum atomic E-state index is 13.4. The number of rotatable bonds is 9. The second-order valence-electron chi connectivity index (χ2n) is 8.14. The molecule has 0 saturated heterocycles. The number of carbonyl (C=O) groups is 2. The Morgan fingerprint density at radius 1 is 1.15 bits per heavy atom. The lowest BCUT2D eigenvalue weighted by molar-refractivity contribution is -0.142. The predicted molar refractivity (Wildman–Crippen MR) is 131 cm³/mol. The van der Waals surface area contributed by atoms with Crippen LogP contribution in [-0.4, -0.2) is 47.9 Å². The third-order valence-electron chi connectivity index (χ3n) is 5.86. The SMILES string of the molecule is C=CCN(CC(=O)N1CCc2sccc2C1COc1ccc(F)cc1)C(=O)Cc1ccccc1. The van der Waals surface area contributed by atoms with Crippen LogP contribution >= 0.6 is 11.3 Å². The van der Waals surface area contributed by atoms with Gasteiger partial charge in [-0.25, -0.2) is 4.39 Å². The van der Waals surface area contributed by atoms with Crippen molar-refractivity contribution in [2.45, 2.75) is 18.9 Å². The topological polar surface area (TPSA) is 49.9 Å². The van der Waals surface area contributed by atoms with Gasteiger partial charge in [-0.1, -0.05) is 36.4 Å². The summed E-state index contributed by atoms with van der Waals surface area (Å²) in [5.41, 5.74) is 1.97. The van der Waals surface area contributed by atoms with Crippen LogP contribution in [0.15, 0.2) is 78.7 Å². The molecule has 0 spiro atoms. The zero-order valence-corrected chi connectivity index (χ0v) is 19.7. The van der Waals surface area contributed by atoms with Gasteiger partial charge in [-0.3, -0.25) is 9.59 Å². The van der Waals surface area contributed by atoms with E-state index in [1.165, 1.54) is 17.0 Å². The fourth-order valence-electron chi connectivity index (χ4n) is 4.13. The zero-order valence-electron chi connectivity index (χ0n) is 18.9. The van der Waals surface area contributed by atoms with Gasteiger partial charge in [0.2, 0.25) is 11.8 Å². The zero-order chi connectivity index (χ0) is 23.9. The highest BCUT2D eigenvalue weighted by atomic mass is 32.1. The van der Waals surface area contributed by atoms with Crippen LogP contribution in [-0.2, 0) is 22.4 Å². The Morgan fingerprint density at radius 3 is 2.65 bits per heavy atom. The standard InChI is InChI=1S/C27H27FN2O3S/c1-2-14-29(26(31)17-20-6-4-3-5-7-20)18-27(32)30-15-12-25-23(13-16-34-25)24(30)19-33-22-10-8-21(28)9-11-22/h2-11,13,16,24H,1,12,14-15,17-19H2. The first-order chi connectivity index (χ1) is 16.5. The summed E-state index contributed by atoms with van der Waals surface area (Å²) in [7, 11) is 0. The molecule has 1 unspecified atom stereocenters. The fourth-order valence-corrected chi connectivity index (χ4v) is 5.06. The first-order valence-corrected chi connectivity index (χ1v) is 12.1. The van der Waals surface area contributed by atoms with Gasteiger partial charge in [-0.05, 0) is 53.3 Å². The van der Waals surface area contributed by atoms with Crippen molar-refractivity contribution >= 4 is 23.2 Å². The molecule has 176 valence electrons. The highest BCUT2D eigenvalue weighted by Crippen LogP contribution is 2.34. The van der Waals surface area contributed by atoms with E-state index >= 15 is 0 Å². The van der Waals surface area contributed by atoms with Crippen molar-refractivity contribution in [1.82, 2.24) is 9.80 Å². The van der Waals surface area contributed by atoms with Crippen molar-refractivity contribution in [2.75, 3.05) is 26.2 Å². The summed E-state index contributed by atoms with van der Waals surface area (Å²) in [5.74, 6) is -0.0356. The molecule has 0 bridgehead atoms. The Kier molecular flexibility index (Phi) is 7.75. The summed E-state index contributed by atoms with van der Waals surface area (Å²) in [4.78, 5) is 31.0. The van der Waals surface area contributed by atoms with E-state index in [1.54, 1.807) is 39.3 Å². The Labute approximate surface area is 203 Å². The molecule has 1 aliphatic rings. The first-order valence-electron chi connectivity index (χ1n) is 11.2. The van der Waals surface area contributed by atoms with Crippen LogP contribution < -0.4 is 4.74 Å². The average molecular weight is 479 g/mol. The molecular weight excluding hydrogens is 451 g/mol. The predicted octanol–water partition coefficient (Wildman–Crippen LogP) is 4.65. The monoisotopic (exact) mass is 478 g/mol. The third-order valence-corrected chi connectivity index (χ3v) is 6.86. The maximum absolute atomic E-state index is 13.4. The molecule has 1 aromatic heterocycles. The molecule has 0 N–H and O–H groups in total. The average Bonchev–Trinajstić information content (AvgIpc) is 3.33. The number of hydrogen-bond acceptors (Lipinski definition) is 4. The minimum Gasteiger partial charge on any atom is -0.491 e. The molecule has 2 heterocycles. The lowest BCUT2D eigenvalue weighted by Crippen LogP contribution is -2.48. The number of thiophene rings is 1. The molecule has 1 atom stereocenters. The molecule has 7 heteroatoms. The Hall–Kier alpha value is -3.45. The Bertz CT molecular complexity index is 1130. The molecule has 0 aliphatic carbocycles. The van der Waals surface area contributed by atoms with Crippen LogP contribution in [0.2, 0.25) is 0 Å². The number of benzene rings is 2. The number of ether oxygens (including phenoxy) is 1. The molecule has 2 amide bonds. The number of nitrogens with zero attached hydrogens (tertiary/aromatic N) is 2. The molecule has 34 heavy (non-hydrogen) atoms. The maximum Gasteiger partial charge on any atom is 0.242 e. The Balaban J connectivity index is 1.47. The Morgan fingerprint density at radius 2 is 1.91 bits per heavy atom. The van der Waals surface area contributed by atoms with Crippen LogP contribution in [0.5, 0.6) is 5.75 Å². The van der Waals surface area contributed by atoms with E-state index in [1.807, 2.05) is 41.8 Å². The van der Waals surface area contributed by atoms with Crippen LogP contribution in [0.25, 0.3) is 0 Å². The van der Waals surface area contributed by atoms with Gasteiger partial charge in [0.1, 0.15) is 24.7 Å². The van der Waals surface area contributed by atoms with Crippen molar-refractivity contribution in [3.8, 4) is 5.75 Å². The summed E-state index contributed by atoms with van der Waals surface area (Å²) < 4.78 is 19.2. The normalized spacial score (nSPS) is 14.9. The van der Waals surface area contributed by atoms with Crippen molar-refractivity contribution in [1.29, 1.82) is 0 Å². The number of amides is 2. The lowest BCUT2D eigenvalue weighted by atomic mass is 10.0. The van der Waals surface area contributed by atoms with Gasteiger partial charge in [0.25, 0.3) is 0 Å². The fraction of sp³-hybridized carbons (Fsp3) is 0.259. The summed E-state index contributed by atoms with van der Waals surface area (Å²) in [5, 5.41) is 2.02. The molecule has 2 aromatic carbocycles. The van der Waals surface area contributed by atoms with E-state index in [0.717, 1.165) is 17.5 Å². The second kappa shape index (κ2) is 11.1. The third kappa shape index (κ3) is 5.72. The van der Waals surface area contributed by atoms with Gasteiger partial charge in [0.15, 0.2) is 0 Å². The summed E-state index contributed by atoms with van der Waals surface area (Å²) in [6.45, 7) is 4.83. The number of fused-ring (bicyclic) bond motifs is 1. The van der Waals surface area contributed by atoms with Crippen molar-refractivity contribution in [2.24, 2.45) is 0 Å². The highest BCUT2D eigenvalue weighted by molar-refractivity contribution is 7.10. The molecule has 0 saturated carbocycles. The minimum atomic E-state index is -0.329.